The third kappa shape index (κ3) is 11.0. The van der Waals surface area contributed by atoms with Crippen molar-refractivity contribution in [3.05, 3.63) is 12.2 Å². The second kappa shape index (κ2) is 16.4. The number of rotatable bonds is 19. The zero-order valence-electron chi connectivity index (χ0n) is 19.7. The summed E-state index contributed by atoms with van der Waals surface area (Å²) in [5.74, 6) is -0.169. The van der Waals surface area contributed by atoms with Gasteiger partial charge in [-0.3, -0.25) is 9.59 Å². The van der Waals surface area contributed by atoms with Gasteiger partial charge in [0.1, 0.15) is 5.78 Å². The van der Waals surface area contributed by atoms with Gasteiger partial charge in [0, 0.05) is 44.5 Å². The van der Waals surface area contributed by atoms with Crippen molar-refractivity contribution in [3.63, 3.8) is 0 Å². The number of carbonyl (C=O) groups is 2. The van der Waals surface area contributed by atoms with Crippen LogP contribution in [0, 0.1) is 11.8 Å². The zero-order chi connectivity index (χ0) is 22.9. The maximum atomic E-state index is 12.4. The van der Waals surface area contributed by atoms with Gasteiger partial charge in [0.05, 0.1) is 14.8 Å². The van der Waals surface area contributed by atoms with Gasteiger partial charge in [0.2, 0.25) is 0 Å². The highest BCUT2D eigenvalue weighted by atomic mass is 31.0. The smallest absolute Gasteiger partial charge is 0.303 e. The lowest BCUT2D eigenvalue weighted by molar-refractivity contribution is -0.137. The summed E-state index contributed by atoms with van der Waals surface area (Å²) in [4.78, 5) is 23.0. The van der Waals surface area contributed by atoms with Crippen LogP contribution < -0.4 is 0 Å². The molecule has 29 heavy (non-hydrogen) atoms. The molecule has 0 bridgehead atoms. The molecule has 1 rings (SSSR count). The van der Waals surface area contributed by atoms with Gasteiger partial charge >= 0.3 is 5.97 Å². The van der Waals surface area contributed by atoms with Crippen LogP contribution in [-0.4, -0.2) is 31.6 Å². The second-order valence-electron chi connectivity index (χ2n) is 8.11. The van der Waals surface area contributed by atoms with E-state index in [2.05, 4.69) is 13.0 Å². The van der Waals surface area contributed by atoms with E-state index in [1.54, 1.807) is 0 Å². The number of hydrogen-bond donors (Lipinski definition) is 1. The summed E-state index contributed by atoms with van der Waals surface area (Å²) >= 11 is 0. The fraction of sp³-hybridized carbons (Fsp3) is 0.818. The van der Waals surface area contributed by atoms with Crippen LogP contribution in [0.25, 0.3) is 0 Å². The van der Waals surface area contributed by atoms with Crippen LogP contribution in [0.1, 0.15) is 90.4 Å². The lowest BCUT2D eigenvalue weighted by Gasteiger charge is -2.24. The van der Waals surface area contributed by atoms with E-state index in [9.17, 15) is 9.59 Å². The number of unbranched alkanes of at least 4 members (excludes halogenated alkanes) is 5. The summed E-state index contributed by atoms with van der Waals surface area (Å²) in [5.41, 5.74) is 0. The topological polar surface area (TPSA) is 72.8 Å². The molecule has 0 saturated heterocycles. The molecule has 0 amide bonds. The molecule has 0 aromatic heterocycles. The normalized spacial score (nSPS) is 26.1. The molecule has 0 radical (unpaired) electrons. The first-order chi connectivity index (χ1) is 15.0. The molecule has 0 spiro atoms. The number of carboxylic acids is 1. The van der Waals surface area contributed by atoms with Crippen molar-refractivity contribution in [2.45, 2.75) is 103 Å². The Kier molecular flexibility index (Phi) is 13.2. The van der Waals surface area contributed by atoms with E-state index in [0.29, 0.717) is 31.5 Å². The Morgan fingerprint density at radius 1 is 1.00 bits per heavy atom. The minimum atomic E-state index is -0.777. The van der Waals surface area contributed by atoms with Gasteiger partial charge in [-0.2, -0.15) is 0 Å². The predicted octanol–water partition coefficient (Wildman–Crippen LogP) is 5.88. The lowest BCUT2D eigenvalue weighted by Crippen LogP contribution is -2.23. The standard InChI is InChI=1S/C22H40O5P2/c1-2-3-4-5-8-11-17(23)14-15-19-18(20(26-28)16-21(19)27-29)12-9-6-7-10-13-22(24)25/h6,9,18-21H,2-5,7-8,10-16,28-29H2,1H3,(H,24,25)/t18?,19-,20+,21-/m1/s1/i28T,29T/t18?,19-,20+,21-,28?,29?. The molecule has 0 heterocycles. The third-order valence-corrected chi connectivity index (χ3v) is 6.53. The molecule has 3 unspecified atom stereocenters. The number of hydrogen-bond acceptors (Lipinski definition) is 4. The maximum absolute atomic E-state index is 12.4. The summed E-state index contributed by atoms with van der Waals surface area (Å²) in [6, 6.07) is 0. The van der Waals surface area contributed by atoms with Crippen LogP contribution in [0.5, 0.6) is 0 Å². The molecule has 1 saturated carbocycles. The molecule has 7 heteroatoms. The molecule has 1 N–H and O–H groups in total. The van der Waals surface area contributed by atoms with Gasteiger partial charge in [0.25, 0.3) is 0 Å². The van der Waals surface area contributed by atoms with Gasteiger partial charge in [-0.15, -0.1) is 0 Å². The van der Waals surface area contributed by atoms with Gasteiger partial charge in [-0.25, -0.2) is 0 Å². The van der Waals surface area contributed by atoms with Crippen molar-refractivity contribution >= 4 is 30.6 Å². The predicted molar refractivity (Wildman–Crippen MR) is 124 cm³/mol. The molecule has 168 valence electrons. The molecule has 1 aliphatic carbocycles. The van der Waals surface area contributed by atoms with E-state index in [1.807, 2.05) is 6.08 Å². The van der Waals surface area contributed by atoms with Crippen LogP contribution in [-0.2, 0) is 18.6 Å². The summed E-state index contributed by atoms with van der Waals surface area (Å²) < 4.78 is 26.4. The molecular formula is C22H40O5P2. The molecule has 6 atom stereocenters. The Balaban J connectivity index is 2.60. The number of carbonyl (C=O) groups excluding carboxylic acids is 1. The Bertz CT molecular complexity index is 536. The van der Waals surface area contributed by atoms with E-state index in [1.165, 1.54) is 19.3 Å². The third-order valence-electron chi connectivity index (χ3n) is 5.92. The zero-order valence-corrected chi connectivity index (χ0v) is 19.7. The van der Waals surface area contributed by atoms with Crippen LogP contribution in [0.4, 0.5) is 0 Å². The van der Waals surface area contributed by atoms with Gasteiger partial charge in [-0.05, 0) is 43.9 Å². The van der Waals surface area contributed by atoms with Crippen LogP contribution in [0.3, 0.4) is 0 Å². The molecular weight excluding hydrogens is 406 g/mol. The minimum Gasteiger partial charge on any atom is -0.481 e. The molecule has 0 aromatic carbocycles. The van der Waals surface area contributed by atoms with E-state index in [0.717, 1.165) is 32.1 Å². The van der Waals surface area contributed by atoms with Crippen LogP contribution in [0.2, 0.25) is 0 Å². The Labute approximate surface area is 183 Å². The largest absolute Gasteiger partial charge is 0.481 e. The monoisotopic (exact) mass is 450 g/mol. The molecule has 1 fully saturated rings. The summed E-state index contributed by atoms with van der Waals surface area (Å²) in [5, 5.41) is 8.73. The van der Waals surface area contributed by atoms with Crippen molar-refractivity contribution in [1.82, 2.24) is 0 Å². The quantitative estimate of drug-likeness (QED) is 0.151. The molecule has 5 nitrogen and oxygen atoms in total. The number of Topliss-reactive ketones (excluding diaryl/α,β-unsaturated/α-hetero) is 1. The van der Waals surface area contributed by atoms with Gasteiger partial charge in [-0.1, -0.05) is 44.8 Å². The highest BCUT2D eigenvalue weighted by Crippen LogP contribution is 2.42. The summed E-state index contributed by atoms with van der Waals surface area (Å²) in [7, 11) is -0.699. The molecule has 0 aliphatic heterocycles. The van der Waals surface area contributed by atoms with E-state index < -0.39 is 5.97 Å². The van der Waals surface area contributed by atoms with Crippen molar-refractivity contribution in [1.29, 1.82) is 2.56 Å². The average molecular weight is 451 g/mol. The van der Waals surface area contributed by atoms with Crippen molar-refractivity contribution in [3.8, 4) is 0 Å². The van der Waals surface area contributed by atoms with Gasteiger partial charge < -0.3 is 14.2 Å². The van der Waals surface area contributed by atoms with Crippen molar-refractivity contribution < 1.29 is 23.7 Å². The first kappa shape index (κ1) is 23.3. The van der Waals surface area contributed by atoms with E-state index in [4.69, 9.17) is 16.7 Å². The molecule has 1 aliphatic rings. The number of ketones is 1. The number of carboxylic acid groups (broad SMARTS) is 1. The SMILES string of the molecule is [3H]PO[C@H]1C[C@@H](OP[3H])[C@H](CCC(=O)CCCCCCC)C1CC=CCCCC(=O)O. The average Bonchev–Trinajstić information content (AvgIpc) is 3.05. The maximum Gasteiger partial charge on any atom is 0.303 e. The lowest BCUT2D eigenvalue weighted by atomic mass is 9.86. The fourth-order valence-electron chi connectivity index (χ4n) is 4.25. The fourth-order valence-corrected chi connectivity index (χ4v) is 4.79. The first-order valence-corrected chi connectivity index (χ1v) is 11.9. The van der Waals surface area contributed by atoms with Crippen LogP contribution in [0.15, 0.2) is 12.2 Å². The minimum absolute atomic E-state index is 0.0880. The Morgan fingerprint density at radius 3 is 2.41 bits per heavy atom. The van der Waals surface area contributed by atoms with Crippen molar-refractivity contribution in [2.24, 2.45) is 11.8 Å². The number of aliphatic carboxylic acids is 1. The second-order valence-corrected chi connectivity index (χ2v) is 8.58. The highest BCUT2D eigenvalue weighted by Gasteiger charge is 2.43. The Hall–Kier alpha value is -0.340. The van der Waals surface area contributed by atoms with Crippen molar-refractivity contribution in [2.75, 3.05) is 0 Å². The number of allylic oxidation sites excluding steroid dienone is 2. The van der Waals surface area contributed by atoms with E-state index in [-0.39, 0.29) is 49.3 Å². The molecule has 0 aromatic rings. The van der Waals surface area contributed by atoms with E-state index >= 15 is 0 Å². The Morgan fingerprint density at radius 2 is 1.72 bits per heavy atom. The van der Waals surface area contributed by atoms with Gasteiger partial charge in [0.15, 0.2) is 0 Å². The summed E-state index contributed by atoms with van der Waals surface area (Å²) in [6.45, 7) is 2.18. The van der Waals surface area contributed by atoms with Crippen LogP contribution >= 0.6 is 18.8 Å². The summed E-state index contributed by atoms with van der Waals surface area (Å²) in [6.07, 6.45) is 14.5. The first-order valence-electron chi connectivity index (χ1n) is 12.1. The highest BCUT2D eigenvalue weighted by molar-refractivity contribution is 7.10.